The Morgan fingerprint density at radius 2 is 1.67 bits per heavy atom. The molecular formula is C21H16Cl2N2S2. The third kappa shape index (κ3) is 4.36. The van der Waals surface area contributed by atoms with Crippen molar-refractivity contribution in [2.75, 3.05) is 0 Å². The van der Waals surface area contributed by atoms with Gasteiger partial charge in [-0.25, -0.2) is 4.99 Å². The molecule has 0 unspecified atom stereocenters. The zero-order valence-corrected chi connectivity index (χ0v) is 17.5. The second-order valence-electron chi connectivity index (χ2n) is 5.96. The van der Waals surface area contributed by atoms with E-state index < -0.39 is 0 Å². The van der Waals surface area contributed by atoms with Gasteiger partial charge in [0.1, 0.15) is 0 Å². The molecule has 4 aromatic rings. The van der Waals surface area contributed by atoms with Gasteiger partial charge in [0.15, 0.2) is 4.80 Å². The van der Waals surface area contributed by atoms with Crippen molar-refractivity contribution in [1.82, 2.24) is 4.57 Å². The summed E-state index contributed by atoms with van der Waals surface area (Å²) >= 11 is 15.7. The van der Waals surface area contributed by atoms with Gasteiger partial charge < -0.3 is 4.57 Å². The summed E-state index contributed by atoms with van der Waals surface area (Å²) in [5, 5.41) is 2.80. The molecule has 0 aliphatic heterocycles. The van der Waals surface area contributed by atoms with Crippen molar-refractivity contribution in [2.45, 2.75) is 13.0 Å². The predicted octanol–water partition coefficient (Wildman–Crippen LogP) is 7.06. The van der Waals surface area contributed by atoms with E-state index >= 15 is 0 Å². The fourth-order valence-electron chi connectivity index (χ4n) is 2.82. The van der Waals surface area contributed by atoms with Crippen LogP contribution in [0.1, 0.15) is 5.56 Å². The Balaban J connectivity index is 1.77. The molecular weight excluding hydrogens is 415 g/mol. The Morgan fingerprint density at radius 1 is 0.889 bits per heavy atom. The largest absolute Gasteiger partial charge is 0.315 e. The van der Waals surface area contributed by atoms with Crippen LogP contribution in [-0.4, -0.2) is 4.57 Å². The number of hydrogen-bond donors (Lipinski definition) is 0. The lowest BCUT2D eigenvalue weighted by Gasteiger charge is -2.08. The molecule has 0 saturated carbocycles. The van der Waals surface area contributed by atoms with Gasteiger partial charge in [-0.05, 0) is 36.2 Å². The molecule has 4 rings (SSSR count). The third-order valence-electron chi connectivity index (χ3n) is 4.16. The smallest absolute Gasteiger partial charge is 0.190 e. The normalized spacial score (nSPS) is 11.9. The SMILES string of the molecule is Clc1ccc(-c2csc(=Nc3ccccc3Cl)n2CCc2ccccc2)s1. The number of thiophene rings is 1. The van der Waals surface area contributed by atoms with Crippen LogP contribution in [0.3, 0.4) is 0 Å². The van der Waals surface area contributed by atoms with Gasteiger partial charge in [-0.1, -0.05) is 65.7 Å². The Labute approximate surface area is 176 Å². The first-order chi connectivity index (χ1) is 13.2. The highest BCUT2D eigenvalue weighted by atomic mass is 35.5. The van der Waals surface area contributed by atoms with Crippen LogP contribution in [0.15, 0.2) is 77.1 Å². The van der Waals surface area contributed by atoms with Crippen LogP contribution in [0, 0.1) is 0 Å². The number of rotatable bonds is 5. The number of nitrogens with zero attached hydrogens (tertiary/aromatic N) is 2. The Hall–Kier alpha value is -1.85. The Morgan fingerprint density at radius 3 is 2.41 bits per heavy atom. The van der Waals surface area contributed by atoms with E-state index in [1.165, 1.54) is 5.56 Å². The fourth-order valence-corrected chi connectivity index (χ4v) is 5.08. The van der Waals surface area contributed by atoms with E-state index in [9.17, 15) is 0 Å². The van der Waals surface area contributed by atoms with Gasteiger partial charge in [0, 0.05) is 11.9 Å². The predicted molar refractivity (Wildman–Crippen MR) is 117 cm³/mol. The third-order valence-corrected chi connectivity index (χ3v) is 6.60. The molecule has 136 valence electrons. The summed E-state index contributed by atoms with van der Waals surface area (Å²) in [5.74, 6) is 0. The van der Waals surface area contributed by atoms with E-state index in [4.69, 9.17) is 28.2 Å². The summed E-state index contributed by atoms with van der Waals surface area (Å²) in [7, 11) is 0. The van der Waals surface area contributed by atoms with E-state index in [1.54, 1.807) is 22.7 Å². The van der Waals surface area contributed by atoms with E-state index in [1.807, 2.05) is 36.4 Å². The molecule has 2 aromatic heterocycles. The number of benzene rings is 2. The van der Waals surface area contributed by atoms with Crippen molar-refractivity contribution in [3.8, 4) is 10.6 Å². The molecule has 2 heterocycles. The van der Waals surface area contributed by atoms with Crippen LogP contribution >= 0.6 is 45.9 Å². The first kappa shape index (κ1) is 18.5. The average molecular weight is 431 g/mol. The second-order valence-corrected chi connectivity index (χ2v) is 8.92. The van der Waals surface area contributed by atoms with Crippen molar-refractivity contribution in [3.05, 3.63) is 91.8 Å². The number of hydrogen-bond acceptors (Lipinski definition) is 3. The van der Waals surface area contributed by atoms with Gasteiger partial charge in [-0.3, -0.25) is 0 Å². The molecule has 0 spiro atoms. The van der Waals surface area contributed by atoms with Crippen molar-refractivity contribution < 1.29 is 0 Å². The van der Waals surface area contributed by atoms with Gasteiger partial charge >= 0.3 is 0 Å². The lowest BCUT2D eigenvalue weighted by Crippen LogP contribution is -2.17. The number of para-hydroxylation sites is 1. The summed E-state index contributed by atoms with van der Waals surface area (Å²) in [4.78, 5) is 6.90. The quantitative estimate of drug-likeness (QED) is 0.322. The first-order valence-electron chi connectivity index (χ1n) is 8.48. The van der Waals surface area contributed by atoms with E-state index in [-0.39, 0.29) is 0 Å². The van der Waals surface area contributed by atoms with Crippen molar-refractivity contribution >= 4 is 51.6 Å². The molecule has 0 aliphatic carbocycles. The minimum absolute atomic E-state index is 0.654. The number of thiazole rings is 1. The maximum atomic E-state index is 6.31. The van der Waals surface area contributed by atoms with Crippen LogP contribution in [-0.2, 0) is 13.0 Å². The molecule has 0 atom stereocenters. The maximum Gasteiger partial charge on any atom is 0.190 e. The van der Waals surface area contributed by atoms with Crippen LogP contribution < -0.4 is 4.80 Å². The first-order valence-corrected chi connectivity index (χ1v) is 10.9. The molecule has 0 saturated heterocycles. The molecule has 0 amide bonds. The van der Waals surface area contributed by atoms with Gasteiger partial charge in [0.05, 0.1) is 25.6 Å². The molecule has 2 nitrogen and oxygen atoms in total. The number of halogens is 2. The van der Waals surface area contributed by atoms with E-state index in [0.29, 0.717) is 5.02 Å². The summed E-state index contributed by atoms with van der Waals surface area (Å²) in [6, 6.07) is 22.2. The van der Waals surface area contributed by atoms with Gasteiger partial charge in [-0.15, -0.1) is 22.7 Å². The highest BCUT2D eigenvalue weighted by Gasteiger charge is 2.11. The highest BCUT2D eigenvalue weighted by Crippen LogP contribution is 2.32. The van der Waals surface area contributed by atoms with Gasteiger partial charge in [-0.2, -0.15) is 0 Å². The molecule has 0 radical (unpaired) electrons. The van der Waals surface area contributed by atoms with Crippen LogP contribution in [0.4, 0.5) is 5.69 Å². The van der Waals surface area contributed by atoms with Crippen molar-refractivity contribution in [2.24, 2.45) is 4.99 Å². The molecule has 27 heavy (non-hydrogen) atoms. The van der Waals surface area contributed by atoms with Crippen molar-refractivity contribution in [3.63, 3.8) is 0 Å². The minimum atomic E-state index is 0.654. The molecule has 0 N–H and O–H groups in total. The topological polar surface area (TPSA) is 17.3 Å². The molecule has 0 fully saturated rings. The molecule has 6 heteroatoms. The summed E-state index contributed by atoms with van der Waals surface area (Å²) < 4.78 is 3.04. The monoisotopic (exact) mass is 430 g/mol. The minimum Gasteiger partial charge on any atom is -0.315 e. The standard InChI is InChI=1S/C21H16Cl2N2S2/c22-16-8-4-5-9-17(16)24-21-25(13-12-15-6-2-1-3-7-15)18(14-26-21)19-10-11-20(23)27-19/h1-11,14H,12-13H2. The van der Waals surface area contributed by atoms with Gasteiger partial charge in [0.2, 0.25) is 0 Å². The van der Waals surface area contributed by atoms with E-state index in [0.717, 1.165) is 38.4 Å². The summed E-state index contributed by atoms with van der Waals surface area (Å²) in [5.41, 5.74) is 3.22. The molecule has 0 bridgehead atoms. The van der Waals surface area contributed by atoms with E-state index in [2.05, 4.69) is 40.3 Å². The zero-order valence-electron chi connectivity index (χ0n) is 14.3. The lowest BCUT2D eigenvalue weighted by atomic mass is 10.1. The molecule has 2 aromatic carbocycles. The second kappa shape index (κ2) is 8.44. The van der Waals surface area contributed by atoms with Crippen LogP contribution in [0.5, 0.6) is 0 Å². The molecule has 0 aliphatic rings. The van der Waals surface area contributed by atoms with Crippen LogP contribution in [0.25, 0.3) is 10.6 Å². The summed E-state index contributed by atoms with van der Waals surface area (Å²) in [6.45, 7) is 0.835. The number of aryl methyl sites for hydroxylation is 1. The highest BCUT2D eigenvalue weighted by molar-refractivity contribution is 7.19. The van der Waals surface area contributed by atoms with Crippen molar-refractivity contribution in [1.29, 1.82) is 0 Å². The Kier molecular flexibility index (Phi) is 5.79. The van der Waals surface area contributed by atoms with Crippen LogP contribution in [0.2, 0.25) is 9.36 Å². The number of aromatic nitrogens is 1. The average Bonchev–Trinajstić information content (AvgIpc) is 3.29. The zero-order chi connectivity index (χ0) is 18.6. The Bertz CT molecular complexity index is 1110. The maximum absolute atomic E-state index is 6.31. The fraction of sp³-hybridized carbons (Fsp3) is 0.0952. The lowest BCUT2D eigenvalue weighted by molar-refractivity contribution is 0.685. The van der Waals surface area contributed by atoms with Gasteiger partial charge in [0.25, 0.3) is 0 Å². The summed E-state index contributed by atoms with van der Waals surface area (Å²) in [6.07, 6.45) is 0.930.